The van der Waals surface area contributed by atoms with Gasteiger partial charge in [-0.25, -0.2) is 0 Å². The van der Waals surface area contributed by atoms with Gasteiger partial charge >= 0.3 is 0 Å². The van der Waals surface area contributed by atoms with Gasteiger partial charge < -0.3 is 15.8 Å². The summed E-state index contributed by atoms with van der Waals surface area (Å²) in [5, 5.41) is 2.84. The molecular weight excluding hydrogens is 276 g/mol. The summed E-state index contributed by atoms with van der Waals surface area (Å²) in [5.74, 6) is 0.530. The Morgan fingerprint density at radius 1 is 1.18 bits per heavy atom. The van der Waals surface area contributed by atoms with Gasteiger partial charge in [-0.1, -0.05) is 31.2 Å². The van der Waals surface area contributed by atoms with Gasteiger partial charge in [0.15, 0.2) is 6.10 Å². The van der Waals surface area contributed by atoms with Crippen LogP contribution in [-0.2, 0) is 17.8 Å². The maximum absolute atomic E-state index is 12.2. The predicted octanol–water partition coefficient (Wildman–Crippen LogP) is 3.11. The first-order chi connectivity index (χ1) is 10.6. The Morgan fingerprint density at radius 3 is 2.55 bits per heavy atom. The minimum atomic E-state index is -0.568. The summed E-state index contributed by atoms with van der Waals surface area (Å²) in [7, 11) is 0. The minimum absolute atomic E-state index is 0.178. The summed E-state index contributed by atoms with van der Waals surface area (Å²) < 4.78 is 5.70. The second-order valence-corrected chi connectivity index (χ2v) is 5.15. The number of anilines is 1. The molecule has 0 aromatic heterocycles. The molecular formula is C18H22N2O2. The first kappa shape index (κ1) is 16.0. The van der Waals surface area contributed by atoms with Gasteiger partial charge in [0.1, 0.15) is 5.75 Å². The first-order valence-electron chi connectivity index (χ1n) is 7.48. The number of benzene rings is 2. The molecule has 1 atom stereocenters. The maximum Gasteiger partial charge on any atom is 0.265 e. The molecule has 3 N–H and O–H groups in total. The van der Waals surface area contributed by atoms with Crippen molar-refractivity contribution in [3.8, 4) is 5.75 Å². The van der Waals surface area contributed by atoms with Crippen LogP contribution in [0.3, 0.4) is 0 Å². The topological polar surface area (TPSA) is 64.3 Å². The molecule has 116 valence electrons. The molecule has 4 nitrogen and oxygen atoms in total. The highest BCUT2D eigenvalue weighted by Crippen LogP contribution is 2.16. The highest BCUT2D eigenvalue weighted by molar-refractivity contribution is 5.94. The molecule has 2 rings (SSSR count). The lowest BCUT2D eigenvalue weighted by molar-refractivity contribution is -0.122. The standard InChI is InChI=1S/C18H22N2O2/c1-3-14-5-4-6-17(11-14)22-13(2)18(21)20-16-9-7-15(12-19)8-10-16/h4-11,13H,3,12,19H2,1-2H3,(H,20,21). The number of aryl methyl sites for hydroxylation is 1. The highest BCUT2D eigenvalue weighted by atomic mass is 16.5. The van der Waals surface area contributed by atoms with Crippen molar-refractivity contribution in [1.82, 2.24) is 0 Å². The molecule has 2 aromatic carbocycles. The fourth-order valence-corrected chi connectivity index (χ4v) is 2.06. The number of ether oxygens (including phenoxy) is 1. The van der Waals surface area contributed by atoms with E-state index in [2.05, 4.69) is 12.2 Å². The summed E-state index contributed by atoms with van der Waals surface area (Å²) in [5.41, 5.74) is 8.50. The Kier molecular flexibility index (Phi) is 5.55. The van der Waals surface area contributed by atoms with Crippen LogP contribution in [0.5, 0.6) is 5.75 Å². The lowest BCUT2D eigenvalue weighted by atomic mass is 10.1. The van der Waals surface area contributed by atoms with Crippen LogP contribution in [0.1, 0.15) is 25.0 Å². The zero-order valence-electron chi connectivity index (χ0n) is 13.0. The molecule has 0 aliphatic heterocycles. The van der Waals surface area contributed by atoms with Crippen LogP contribution < -0.4 is 15.8 Å². The summed E-state index contributed by atoms with van der Waals surface area (Å²) >= 11 is 0. The van der Waals surface area contributed by atoms with Crippen LogP contribution in [0.15, 0.2) is 48.5 Å². The van der Waals surface area contributed by atoms with Gasteiger partial charge in [0.2, 0.25) is 0 Å². The van der Waals surface area contributed by atoms with E-state index >= 15 is 0 Å². The van der Waals surface area contributed by atoms with Crippen molar-refractivity contribution >= 4 is 11.6 Å². The first-order valence-corrected chi connectivity index (χ1v) is 7.48. The molecule has 4 heteroatoms. The second-order valence-electron chi connectivity index (χ2n) is 5.15. The fourth-order valence-electron chi connectivity index (χ4n) is 2.06. The zero-order valence-corrected chi connectivity index (χ0v) is 13.0. The third-order valence-corrected chi connectivity index (χ3v) is 3.45. The molecule has 0 radical (unpaired) electrons. The van der Waals surface area contributed by atoms with E-state index in [1.165, 1.54) is 5.56 Å². The number of carbonyl (C=O) groups excluding carboxylic acids is 1. The van der Waals surface area contributed by atoms with E-state index in [1.54, 1.807) is 6.92 Å². The minimum Gasteiger partial charge on any atom is -0.481 e. The molecule has 0 fully saturated rings. The Bertz CT molecular complexity index is 623. The smallest absolute Gasteiger partial charge is 0.265 e. The van der Waals surface area contributed by atoms with Crippen molar-refractivity contribution < 1.29 is 9.53 Å². The monoisotopic (exact) mass is 298 g/mol. The molecule has 2 aromatic rings. The number of nitrogens with two attached hydrogens (primary N) is 1. The molecule has 1 amide bonds. The molecule has 0 aliphatic carbocycles. The van der Waals surface area contributed by atoms with Crippen molar-refractivity contribution in [1.29, 1.82) is 0 Å². The third-order valence-electron chi connectivity index (χ3n) is 3.45. The molecule has 1 unspecified atom stereocenters. The van der Waals surface area contributed by atoms with Gasteiger partial charge in [-0.15, -0.1) is 0 Å². The average molecular weight is 298 g/mol. The molecule has 0 saturated carbocycles. The van der Waals surface area contributed by atoms with Crippen molar-refractivity contribution in [3.05, 3.63) is 59.7 Å². The van der Waals surface area contributed by atoms with E-state index in [-0.39, 0.29) is 5.91 Å². The van der Waals surface area contributed by atoms with E-state index in [0.717, 1.165) is 17.7 Å². The summed E-state index contributed by atoms with van der Waals surface area (Å²) in [4.78, 5) is 12.2. The second kappa shape index (κ2) is 7.61. The summed E-state index contributed by atoms with van der Waals surface area (Å²) in [6.45, 7) is 4.31. The normalized spacial score (nSPS) is 11.8. The van der Waals surface area contributed by atoms with Gasteiger partial charge in [0, 0.05) is 12.2 Å². The predicted molar refractivity (Wildman–Crippen MR) is 88.9 cm³/mol. The van der Waals surface area contributed by atoms with Crippen LogP contribution >= 0.6 is 0 Å². The quantitative estimate of drug-likeness (QED) is 0.861. The molecule has 0 heterocycles. The van der Waals surface area contributed by atoms with E-state index in [0.29, 0.717) is 12.3 Å². The lowest BCUT2D eigenvalue weighted by Gasteiger charge is -2.15. The average Bonchev–Trinajstić information content (AvgIpc) is 2.55. The Morgan fingerprint density at radius 2 is 1.91 bits per heavy atom. The number of carbonyl (C=O) groups is 1. The highest BCUT2D eigenvalue weighted by Gasteiger charge is 2.15. The van der Waals surface area contributed by atoms with Crippen molar-refractivity contribution in [3.63, 3.8) is 0 Å². The van der Waals surface area contributed by atoms with Crippen LogP contribution in [0.25, 0.3) is 0 Å². The number of hydrogen-bond acceptors (Lipinski definition) is 3. The number of hydrogen-bond donors (Lipinski definition) is 2. The van der Waals surface area contributed by atoms with Gasteiger partial charge in [-0.2, -0.15) is 0 Å². The van der Waals surface area contributed by atoms with Crippen molar-refractivity contribution in [2.75, 3.05) is 5.32 Å². The molecule has 0 aliphatic rings. The van der Waals surface area contributed by atoms with Crippen LogP contribution in [0.2, 0.25) is 0 Å². The lowest BCUT2D eigenvalue weighted by Crippen LogP contribution is -2.30. The van der Waals surface area contributed by atoms with E-state index in [9.17, 15) is 4.79 Å². The number of nitrogens with one attached hydrogen (secondary N) is 1. The summed E-state index contributed by atoms with van der Waals surface area (Å²) in [6, 6.07) is 15.3. The zero-order chi connectivity index (χ0) is 15.9. The van der Waals surface area contributed by atoms with Gasteiger partial charge in [-0.05, 0) is 48.7 Å². The SMILES string of the molecule is CCc1cccc(OC(C)C(=O)Nc2ccc(CN)cc2)c1. The van der Waals surface area contributed by atoms with Crippen molar-refractivity contribution in [2.24, 2.45) is 5.73 Å². The number of amides is 1. The number of rotatable bonds is 6. The Balaban J connectivity index is 1.96. The van der Waals surface area contributed by atoms with Crippen LogP contribution in [-0.4, -0.2) is 12.0 Å². The van der Waals surface area contributed by atoms with Gasteiger partial charge in [0.25, 0.3) is 5.91 Å². The summed E-state index contributed by atoms with van der Waals surface area (Å²) in [6.07, 6.45) is 0.368. The van der Waals surface area contributed by atoms with Crippen LogP contribution in [0, 0.1) is 0 Å². The van der Waals surface area contributed by atoms with Gasteiger partial charge in [-0.3, -0.25) is 4.79 Å². The largest absolute Gasteiger partial charge is 0.481 e. The van der Waals surface area contributed by atoms with Crippen molar-refractivity contribution in [2.45, 2.75) is 32.9 Å². The fraction of sp³-hybridized carbons (Fsp3) is 0.278. The third kappa shape index (κ3) is 4.33. The van der Waals surface area contributed by atoms with E-state index < -0.39 is 6.10 Å². The van der Waals surface area contributed by atoms with Gasteiger partial charge in [0.05, 0.1) is 0 Å². The molecule has 22 heavy (non-hydrogen) atoms. The molecule has 0 saturated heterocycles. The van der Waals surface area contributed by atoms with Crippen LogP contribution in [0.4, 0.5) is 5.69 Å². The Hall–Kier alpha value is -2.33. The Labute approximate surface area is 131 Å². The van der Waals surface area contributed by atoms with E-state index in [4.69, 9.17) is 10.5 Å². The molecule has 0 spiro atoms. The maximum atomic E-state index is 12.2. The molecule has 0 bridgehead atoms. The van der Waals surface area contributed by atoms with E-state index in [1.807, 2.05) is 48.5 Å².